The van der Waals surface area contributed by atoms with Crippen molar-refractivity contribution < 1.29 is 4.79 Å². The zero-order chi connectivity index (χ0) is 23.8. The predicted molar refractivity (Wildman–Crippen MR) is 134 cm³/mol. The number of benzene rings is 1. The summed E-state index contributed by atoms with van der Waals surface area (Å²) in [6.45, 7) is 4.47. The molecule has 3 atom stereocenters. The van der Waals surface area contributed by atoms with Crippen molar-refractivity contribution in [1.82, 2.24) is 19.5 Å². The number of nitrogens with zero attached hydrogens (tertiary/aromatic N) is 5. The summed E-state index contributed by atoms with van der Waals surface area (Å²) in [5.41, 5.74) is 17.0. The second-order valence-electron chi connectivity index (χ2n) is 9.47. The number of likely N-dealkylation sites (tertiary alicyclic amines) is 1. The Balaban J connectivity index is 1.44. The van der Waals surface area contributed by atoms with Gasteiger partial charge in [-0.2, -0.15) is 5.10 Å². The molecule has 34 heavy (non-hydrogen) atoms. The molecule has 5 rings (SSSR count). The summed E-state index contributed by atoms with van der Waals surface area (Å²) in [5, 5.41) is 7.99. The van der Waals surface area contributed by atoms with Crippen LogP contribution in [0.1, 0.15) is 54.6 Å². The first-order valence-electron chi connectivity index (χ1n) is 12.2. The normalized spacial score (nSPS) is 21.8. The fraction of sp³-hybridized carbons (Fsp3) is 0.480. The Kier molecular flexibility index (Phi) is 6.14. The van der Waals surface area contributed by atoms with Gasteiger partial charge in [0, 0.05) is 61.8 Å². The van der Waals surface area contributed by atoms with Gasteiger partial charge in [-0.3, -0.25) is 4.79 Å². The maximum absolute atomic E-state index is 13.6. The van der Waals surface area contributed by atoms with Crippen molar-refractivity contribution in [3.05, 3.63) is 53.3 Å². The third-order valence-electron chi connectivity index (χ3n) is 7.11. The molecule has 0 saturated carbocycles. The zero-order valence-electron chi connectivity index (χ0n) is 19.9. The van der Waals surface area contributed by atoms with Crippen LogP contribution in [0.4, 0.5) is 11.5 Å². The number of nitrogens with two attached hydrogens (primary N) is 2. The number of para-hydroxylation sites is 1. The molecule has 2 fully saturated rings. The lowest BCUT2D eigenvalue weighted by molar-refractivity contribution is -0.136. The molecule has 2 aromatic heterocycles. The van der Waals surface area contributed by atoms with E-state index in [0.717, 1.165) is 72.7 Å². The number of fused-ring (bicyclic) bond motifs is 1. The molecule has 180 valence electrons. The molecule has 2 aliphatic rings. The number of hydrogen-bond donors (Lipinski definition) is 3. The van der Waals surface area contributed by atoms with Gasteiger partial charge in [0.15, 0.2) is 5.65 Å². The predicted octanol–water partition coefficient (Wildman–Crippen LogP) is 2.37. The molecule has 0 radical (unpaired) electrons. The van der Waals surface area contributed by atoms with Crippen LogP contribution in [-0.4, -0.2) is 58.1 Å². The highest BCUT2D eigenvalue weighted by atomic mass is 16.2. The van der Waals surface area contributed by atoms with Crippen molar-refractivity contribution in [3.8, 4) is 0 Å². The van der Waals surface area contributed by atoms with Gasteiger partial charge in [-0.05, 0) is 38.7 Å². The van der Waals surface area contributed by atoms with Crippen LogP contribution in [0, 0.1) is 6.92 Å². The molecule has 2 aliphatic heterocycles. The van der Waals surface area contributed by atoms with Crippen LogP contribution in [0.5, 0.6) is 0 Å². The lowest BCUT2D eigenvalue weighted by Crippen LogP contribution is -2.43. The molecule has 2 saturated heterocycles. The average Bonchev–Trinajstić information content (AvgIpc) is 3.48. The highest BCUT2D eigenvalue weighted by Gasteiger charge is 2.34. The van der Waals surface area contributed by atoms with Crippen LogP contribution in [0.2, 0.25) is 0 Å². The quantitative estimate of drug-likeness (QED) is 0.533. The van der Waals surface area contributed by atoms with Crippen LogP contribution in [0.15, 0.2) is 36.5 Å². The fourth-order valence-corrected chi connectivity index (χ4v) is 5.29. The summed E-state index contributed by atoms with van der Waals surface area (Å²) in [5.74, 6) is 0.898. The highest BCUT2D eigenvalue weighted by molar-refractivity contribution is 5.85. The standard InChI is InChI=1S/C25H34N8O/c1-16-14-33-22(29-24(16)31-12-10-17(26)15-31)13-20(30-33)21-9-5-6-11-32(21)25(34)23(27)18-7-3-4-8-19(18)28-2/h3-4,7-8,13-14,17,21,23,28H,5-6,9-12,15,26-27H2,1-2H3/t17-,21-,23?/m0/s1. The molecule has 0 aliphatic carbocycles. The highest BCUT2D eigenvalue weighted by Crippen LogP contribution is 2.34. The van der Waals surface area contributed by atoms with E-state index in [4.69, 9.17) is 21.5 Å². The van der Waals surface area contributed by atoms with E-state index in [1.807, 2.05) is 53.0 Å². The Morgan fingerprint density at radius 2 is 2.03 bits per heavy atom. The SMILES string of the molecule is CNc1ccccc1C(N)C(=O)N1CCCC[C@H]1c1cc2nc(N3CC[C@H](N)C3)c(C)cn2n1. The molecule has 5 N–H and O–H groups in total. The summed E-state index contributed by atoms with van der Waals surface area (Å²) in [7, 11) is 1.84. The number of anilines is 2. The summed E-state index contributed by atoms with van der Waals surface area (Å²) >= 11 is 0. The van der Waals surface area contributed by atoms with E-state index in [1.165, 1.54) is 0 Å². The van der Waals surface area contributed by atoms with Crippen molar-refractivity contribution in [2.45, 2.75) is 50.7 Å². The molecular formula is C25H34N8O. The van der Waals surface area contributed by atoms with Crippen molar-refractivity contribution in [2.24, 2.45) is 11.5 Å². The number of rotatable bonds is 5. The lowest BCUT2D eigenvalue weighted by atomic mass is 9.96. The van der Waals surface area contributed by atoms with E-state index in [-0.39, 0.29) is 18.0 Å². The van der Waals surface area contributed by atoms with E-state index in [0.29, 0.717) is 6.54 Å². The summed E-state index contributed by atoms with van der Waals surface area (Å²) in [6, 6.07) is 9.07. The van der Waals surface area contributed by atoms with Gasteiger partial charge < -0.3 is 26.6 Å². The van der Waals surface area contributed by atoms with E-state index in [9.17, 15) is 4.79 Å². The van der Waals surface area contributed by atoms with Gasteiger partial charge in [-0.15, -0.1) is 0 Å². The number of nitrogens with one attached hydrogen (secondary N) is 1. The van der Waals surface area contributed by atoms with Crippen LogP contribution in [-0.2, 0) is 4.79 Å². The van der Waals surface area contributed by atoms with Crippen LogP contribution < -0.4 is 21.7 Å². The molecular weight excluding hydrogens is 428 g/mol. The van der Waals surface area contributed by atoms with Crippen LogP contribution >= 0.6 is 0 Å². The number of piperidine rings is 1. The van der Waals surface area contributed by atoms with Crippen molar-refractivity contribution in [1.29, 1.82) is 0 Å². The number of hydrogen-bond acceptors (Lipinski definition) is 7. The Bertz CT molecular complexity index is 1190. The molecule has 1 amide bonds. The first-order chi connectivity index (χ1) is 16.5. The van der Waals surface area contributed by atoms with Crippen LogP contribution in [0.3, 0.4) is 0 Å². The first kappa shape index (κ1) is 22.6. The maximum Gasteiger partial charge on any atom is 0.244 e. The van der Waals surface area contributed by atoms with E-state index in [2.05, 4.69) is 17.1 Å². The molecule has 3 aromatic rings. The fourth-order valence-electron chi connectivity index (χ4n) is 5.29. The van der Waals surface area contributed by atoms with Gasteiger partial charge in [-0.25, -0.2) is 9.50 Å². The summed E-state index contributed by atoms with van der Waals surface area (Å²) in [6.07, 6.45) is 5.88. The largest absolute Gasteiger partial charge is 0.388 e. The second-order valence-corrected chi connectivity index (χ2v) is 9.47. The second kappa shape index (κ2) is 9.23. The van der Waals surface area contributed by atoms with Gasteiger partial charge in [0.25, 0.3) is 0 Å². The van der Waals surface area contributed by atoms with Crippen LogP contribution in [0.25, 0.3) is 5.65 Å². The van der Waals surface area contributed by atoms with Gasteiger partial charge in [0.1, 0.15) is 11.9 Å². The van der Waals surface area contributed by atoms with Gasteiger partial charge >= 0.3 is 0 Å². The van der Waals surface area contributed by atoms with Gasteiger partial charge in [-0.1, -0.05) is 18.2 Å². The smallest absolute Gasteiger partial charge is 0.244 e. The Hall–Kier alpha value is -3.17. The average molecular weight is 463 g/mol. The summed E-state index contributed by atoms with van der Waals surface area (Å²) < 4.78 is 1.83. The van der Waals surface area contributed by atoms with Gasteiger partial charge in [0.2, 0.25) is 5.91 Å². The lowest BCUT2D eigenvalue weighted by Gasteiger charge is -2.36. The third-order valence-corrected chi connectivity index (χ3v) is 7.11. The van der Waals surface area contributed by atoms with Crippen molar-refractivity contribution in [2.75, 3.05) is 36.9 Å². The van der Waals surface area contributed by atoms with E-state index >= 15 is 0 Å². The van der Waals surface area contributed by atoms with Gasteiger partial charge in [0.05, 0.1) is 11.7 Å². The number of carbonyl (C=O) groups excluding carboxylic acids is 1. The van der Waals surface area contributed by atoms with E-state index < -0.39 is 6.04 Å². The Morgan fingerprint density at radius 1 is 1.21 bits per heavy atom. The molecule has 9 heteroatoms. The molecule has 1 aromatic carbocycles. The minimum absolute atomic E-state index is 0.0691. The Morgan fingerprint density at radius 3 is 2.79 bits per heavy atom. The third kappa shape index (κ3) is 4.10. The molecule has 0 spiro atoms. The number of amides is 1. The first-order valence-corrected chi connectivity index (χ1v) is 12.2. The zero-order valence-corrected chi connectivity index (χ0v) is 19.9. The van der Waals surface area contributed by atoms with E-state index in [1.54, 1.807) is 0 Å². The molecule has 9 nitrogen and oxygen atoms in total. The molecule has 0 bridgehead atoms. The maximum atomic E-state index is 13.6. The number of carbonyl (C=O) groups is 1. The number of aromatic nitrogens is 3. The summed E-state index contributed by atoms with van der Waals surface area (Å²) in [4.78, 5) is 22.7. The minimum Gasteiger partial charge on any atom is -0.388 e. The molecule has 4 heterocycles. The minimum atomic E-state index is -0.729. The van der Waals surface area contributed by atoms with Crippen molar-refractivity contribution in [3.63, 3.8) is 0 Å². The van der Waals surface area contributed by atoms with Crippen molar-refractivity contribution >= 4 is 23.1 Å². The number of aryl methyl sites for hydroxylation is 1. The molecule has 1 unspecified atom stereocenters. The monoisotopic (exact) mass is 462 g/mol. The Labute approximate surface area is 200 Å². The topological polar surface area (TPSA) is 118 Å².